The minimum absolute atomic E-state index is 0.343. The second kappa shape index (κ2) is 5.37. The molecule has 0 amide bonds. The van der Waals surface area contributed by atoms with Crippen LogP contribution in [0.15, 0.2) is 23.8 Å². The van der Waals surface area contributed by atoms with Gasteiger partial charge in [0.2, 0.25) is 0 Å². The first-order chi connectivity index (χ1) is 7.95. The molecule has 1 N–H and O–H groups in total. The molecule has 0 bridgehead atoms. The molecule has 0 aliphatic heterocycles. The van der Waals surface area contributed by atoms with Crippen molar-refractivity contribution in [2.24, 2.45) is 0 Å². The van der Waals surface area contributed by atoms with E-state index in [9.17, 15) is 4.79 Å². The minimum atomic E-state index is -1.26. The zero-order chi connectivity index (χ0) is 13.0. The average molecular weight is 251 g/mol. The summed E-state index contributed by atoms with van der Waals surface area (Å²) in [4.78, 5) is 12.6. The van der Waals surface area contributed by atoms with E-state index in [-0.39, 0.29) is 5.57 Å². The fourth-order valence-corrected chi connectivity index (χ4v) is 1.44. The quantitative estimate of drug-likeness (QED) is 0.661. The van der Waals surface area contributed by atoms with Crippen LogP contribution < -0.4 is 4.90 Å². The van der Waals surface area contributed by atoms with Crippen LogP contribution in [-0.4, -0.2) is 25.2 Å². The van der Waals surface area contributed by atoms with E-state index in [2.05, 4.69) is 0 Å². The van der Waals surface area contributed by atoms with Gasteiger partial charge >= 0.3 is 5.97 Å². The van der Waals surface area contributed by atoms with Gasteiger partial charge in [0, 0.05) is 24.8 Å². The van der Waals surface area contributed by atoms with Gasteiger partial charge in [-0.1, -0.05) is 17.7 Å². The first-order valence-electron chi connectivity index (χ1n) is 4.77. The van der Waals surface area contributed by atoms with Crippen molar-refractivity contribution in [2.45, 2.75) is 0 Å². The van der Waals surface area contributed by atoms with E-state index >= 15 is 0 Å². The molecule has 0 radical (unpaired) electrons. The molecule has 4 nitrogen and oxygen atoms in total. The van der Waals surface area contributed by atoms with E-state index in [1.165, 1.54) is 6.08 Å². The molecule has 0 heterocycles. The summed E-state index contributed by atoms with van der Waals surface area (Å²) in [7, 11) is 3.75. The normalized spacial score (nSPS) is 10.8. The van der Waals surface area contributed by atoms with Gasteiger partial charge in [0.05, 0.1) is 0 Å². The largest absolute Gasteiger partial charge is 0.477 e. The fraction of sp³-hybridized carbons (Fsp3) is 0.167. The molecule has 0 spiro atoms. The van der Waals surface area contributed by atoms with Crippen LogP contribution in [0.4, 0.5) is 5.69 Å². The number of benzene rings is 1. The number of aliphatic carboxylic acids is 1. The predicted octanol–water partition coefficient (Wildman–Crippen LogP) is 2.40. The van der Waals surface area contributed by atoms with Crippen LogP contribution in [0.1, 0.15) is 5.56 Å². The van der Waals surface area contributed by atoms with Gasteiger partial charge in [-0.25, -0.2) is 4.79 Å². The van der Waals surface area contributed by atoms with Crippen molar-refractivity contribution < 1.29 is 9.90 Å². The zero-order valence-corrected chi connectivity index (χ0v) is 10.2. The maximum Gasteiger partial charge on any atom is 0.346 e. The summed E-state index contributed by atoms with van der Waals surface area (Å²) in [6.07, 6.45) is 1.25. The first-order valence-corrected chi connectivity index (χ1v) is 5.15. The molecule has 0 fully saturated rings. The highest BCUT2D eigenvalue weighted by molar-refractivity contribution is 6.32. The summed E-state index contributed by atoms with van der Waals surface area (Å²) >= 11 is 6.01. The third-order valence-electron chi connectivity index (χ3n) is 2.15. The second-order valence-electron chi connectivity index (χ2n) is 3.58. The van der Waals surface area contributed by atoms with Crippen molar-refractivity contribution in [3.63, 3.8) is 0 Å². The van der Waals surface area contributed by atoms with Crippen molar-refractivity contribution in [2.75, 3.05) is 19.0 Å². The Labute approximate surface area is 104 Å². The molecule has 88 valence electrons. The summed E-state index contributed by atoms with van der Waals surface area (Å²) in [5.74, 6) is -1.26. The lowest BCUT2D eigenvalue weighted by Crippen LogP contribution is -2.08. The Balaban J connectivity index is 3.18. The number of hydrogen-bond acceptors (Lipinski definition) is 3. The Morgan fingerprint density at radius 1 is 1.53 bits per heavy atom. The molecule has 0 saturated carbocycles. The number of rotatable bonds is 3. The van der Waals surface area contributed by atoms with Gasteiger partial charge in [0.25, 0.3) is 0 Å². The van der Waals surface area contributed by atoms with Gasteiger partial charge in [-0.05, 0) is 23.8 Å². The Bertz CT molecular complexity index is 516. The number of halogens is 1. The van der Waals surface area contributed by atoms with Gasteiger partial charge in [-0.15, -0.1) is 0 Å². The van der Waals surface area contributed by atoms with E-state index < -0.39 is 5.97 Å². The molecule has 0 atom stereocenters. The molecule has 0 saturated heterocycles. The number of anilines is 1. The summed E-state index contributed by atoms with van der Waals surface area (Å²) in [5, 5.41) is 17.8. The average Bonchev–Trinajstić information content (AvgIpc) is 2.26. The number of nitrogens with zero attached hydrogens (tertiary/aromatic N) is 2. The number of carboxylic acid groups (broad SMARTS) is 1. The lowest BCUT2D eigenvalue weighted by molar-refractivity contribution is -0.132. The third kappa shape index (κ3) is 3.23. The Morgan fingerprint density at radius 3 is 2.59 bits per heavy atom. The molecule has 0 aliphatic carbocycles. The van der Waals surface area contributed by atoms with Crippen LogP contribution >= 0.6 is 11.6 Å². The predicted molar refractivity (Wildman–Crippen MR) is 67.0 cm³/mol. The van der Waals surface area contributed by atoms with Gasteiger partial charge < -0.3 is 10.0 Å². The highest BCUT2D eigenvalue weighted by atomic mass is 35.5. The maximum absolute atomic E-state index is 10.7. The van der Waals surface area contributed by atoms with E-state index in [4.69, 9.17) is 22.0 Å². The van der Waals surface area contributed by atoms with Crippen molar-refractivity contribution in [3.05, 3.63) is 34.4 Å². The summed E-state index contributed by atoms with van der Waals surface area (Å²) < 4.78 is 0. The number of nitriles is 1. The van der Waals surface area contributed by atoms with Crippen LogP contribution in [0, 0.1) is 11.3 Å². The van der Waals surface area contributed by atoms with Gasteiger partial charge in [0.1, 0.15) is 11.6 Å². The van der Waals surface area contributed by atoms with E-state index in [0.717, 1.165) is 5.69 Å². The first kappa shape index (κ1) is 13.1. The van der Waals surface area contributed by atoms with Crippen molar-refractivity contribution in [1.29, 1.82) is 5.26 Å². The van der Waals surface area contributed by atoms with E-state index in [1.807, 2.05) is 19.0 Å². The summed E-state index contributed by atoms with van der Waals surface area (Å²) in [6, 6.07) is 6.80. The molecule has 0 aliphatic rings. The lowest BCUT2D eigenvalue weighted by Gasteiger charge is -2.13. The Morgan fingerprint density at radius 2 is 2.18 bits per heavy atom. The fourth-order valence-electron chi connectivity index (χ4n) is 1.21. The molecule has 1 aromatic carbocycles. The summed E-state index contributed by atoms with van der Waals surface area (Å²) in [6.45, 7) is 0. The Kier molecular flexibility index (Phi) is 4.13. The molecular weight excluding hydrogens is 240 g/mol. The van der Waals surface area contributed by atoms with E-state index in [0.29, 0.717) is 10.6 Å². The monoisotopic (exact) mass is 250 g/mol. The number of hydrogen-bond donors (Lipinski definition) is 1. The van der Waals surface area contributed by atoms with E-state index in [1.54, 1.807) is 24.3 Å². The van der Waals surface area contributed by atoms with Crippen LogP contribution in [0.2, 0.25) is 5.02 Å². The van der Waals surface area contributed by atoms with Crippen LogP contribution in [-0.2, 0) is 4.79 Å². The number of carboxylic acids is 1. The smallest absolute Gasteiger partial charge is 0.346 e. The lowest BCUT2D eigenvalue weighted by atomic mass is 10.1. The standard InChI is InChI=1S/C12H11ClN2O2/c1-15(2)10-4-3-8(11(13)6-10)5-9(7-14)12(16)17/h3-6H,1-2H3,(H,16,17)/b9-5+. The minimum Gasteiger partial charge on any atom is -0.477 e. The topological polar surface area (TPSA) is 64.3 Å². The van der Waals surface area contributed by atoms with Crippen LogP contribution in [0.3, 0.4) is 0 Å². The molecular formula is C12H11ClN2O2. The zero-order valence-electron chi connectivity index (χ0n) is 9.44. The second-order valence-corrected chi connectivity index (χ2v) is 3.98. The third-order valence-corrected chi connectivity index (χ3v) is 2.48. The SMILES string of the molecule is CN(C)c1ccc(/C=C(\C#N)C(=O)O)c(Cl)c1. The molecule has 0 unspecified atom stereocenters. The summed E-state index contributed by atoms with van der Waals surface area (Å²) in [5.41, 5.74) is 1.07. The molecule has 17 heavy (non-hydrogen) atoms. The molecule has 0 aromatic heterocycles. The molecule has 5 heteroatoms. The highest BCUT2D eigenvalue weighted by Gasteiger charge is 2.08. The van der Waals surface area contributed by atoms with Gasteiger partial charge in [-0.3, -0.25) is 0 Å². The Hall–Kier alpha value is -1.99. The highest BCUT2D eigenvalue weighted by Crippen LogP contribution is 2.24. The van der Waals surface area contributed by atoms with Crippen LogP contribution in [0.25, 0.3) is 6.08 Å². The molecule has 1 aromatic rings. The van der Waals surface area contributed by atoms with Gasteiger partial charge in [0.15, 0.2) is 0 Å². The number of carbonyl (C=O) groups is 1. The maximum atomic E-state index is 10.7. The van der Waals surface area contributed by atoms with Gasteiger partial charge in [-0.2, -0.15) is 5.26 Å². The molecule has 1 rings (SSSR count). The van der Waals surface area contributed by atoms with Crippen molar-refractivity contribution in [1.82, 2.24) is 0 Å². The van der Waals surface area contributed by atoms with Crippen molar-refractivity contribution >= 4 is 29.3 Å². The van der Waals surface area contributed by atoms with Crippen molar-refractivity contribution in [3.8, 4) is 6.07 Å². The van der Waals surface area contributed by atoms with Crippen LogP contribution in [0.5, 0.6) is 0 Å².